The molecule has 5 heteroatoms. The van der Waals surface area contributed by atoms with E-state index in [0.29, 0.717) is 5.69 Å². The van der Waals surface area contributed by atoms with E-state index in [1.54, 1.807) is 0 Å². The number of ether oxygens (including phenoxy) is 1. The number of nitrogens with two attached hydrogens (primary N) is 1. The zero-order chi connectivity index (χ0) is 14.7. The van der Waals surface area contributed by atoms with Crippen LogP contribution in [-0.2, 0) is 0 Å². The average molecular weight is 289 g/mol. The van der Waals surface area contributed by atoms with E-state index >= 15 is 0 Å². The van der Waals surface area contributed by atoms with Crippen molar-refractivity contribution in [3.05, 3.63) is 35.7 Å². The molecule has 0 unspecified atom stereocenters. The molecule has 4 nitrogen and oxygen atoms in total. The van der Waals surface area contributed by atoms with Crippen LogP contribution < -0.4 is 10.5 Å². The lowest BCUT2D eigenvalue weighted by atomic mass is 10.3. The quantitative estimate of drug-likeness (QED) is 0.688. The van der Waals surface area contributed by atoms with Gasteiger partial charge in [0.2, 0.25) is 0 Å². The summed E-state index contributed by atoms with van der Waals surface area (Å²) in [7, 11) is 0. The summed E-state index contributed by atoms with van der Waals surface area (Å²) >= 11 is 1.49. The maximum absolute atomic E-state index is 5.91. The minimum Gasteiger partial charge on any atom is -0.491 e. The molecule has 0 amide bonds. The molecule has 0 bridgehead atoms. The molecule has 0 aliphatic heterocycles. The number of hydrogen-bond donors (Lipinski definition) is 1. The Balaban J connectivity index is 2.26. The molecule has 0 saturated carbocycles. The summed E-state index contributed by atoms with van der Waals surface area (Å²) in [5, 5.41) is 0.726. The molecule has 2 aromatic rings. The third-order valence-corrected chi connectivity index (χ3v) is 3.28. The first-order valence-corrected chi connectivity index (χ1v) is 7.31. The van der Waals surface area contributed by atoms with E-state index in [0.717, 1.165) is 27.2 Å². The van der Waals surface area contributed by atoms with Crippen LogP contribution in [0.1, 0.15) is 25.2 Å². The smallest absolute Gasteiger partial charge is 0.192 e. The van der Waals surface area contributed by atoms with Gasteiger partial charge in [0.15, 0.2) is 5.16 Å². The van der Waals surface area contributed by atoms with Crippen LogP contribution in [0.15, 0.2) is 34.3 Å². The Labute approximate surface area is 123 Å². The number of benzene rings is 1. The average Bonchev–Trinajstić information content (AvgIpc) is 2.24. The summed E-state index contributed by atoms with van der Waals surface area (Å²) in [5.74, 6) is 0.770. The van der Waals surface area contributed by atoms with E-state index < -0.39 is 0 Å². The number of anilines is 1. The number of nitrogen functional groups attached to an aromatic ring is 1. The third-order valence-electron chi connectivity index (χ3n) is 2.45. The second-order valence-electron chi connectivity index (χ2n) is 4.94. The van der Waals surface area contributed by atoms with E-state index in [-0.39, 0.29) is 6.10 Å². The fourth-order valence-electron chi connectivity index (χ4n) is 1.84. The van der Waals surface area contributed by atoms with Gasteiger partial charge in [0.05, 0.1) is 6.10 Å². The first-order valence-electron chi connectivity index (χ1n) is 6.50. The monoisotopic (exact) mass is 289 g/mol. The molecular formula is C15H19N3OS. The number of aryl methyl sites for hydroxylation is 2. The molecule has 2 rings (SSSR count). The molecule has 1 heterocycles. The second-order valence-corrected chi connectivity index (χ2v) is 5.98. The van der Waals surface area contributed by atoms with E-state index in [2.05, 4.69) is 9.97 Å². The normalized spacial score (nSPS) is 10.8. The molecule has 0 fully saturated rings. The first-order chi connectivity index (χ1) is 9.42. The molecule has 0 aliphatic rings. The van der Waals surface area contributed by atoms with Crippen molar-refractivity contribution in [1.29, 1.82) is 0 Å². The van der Waals surface area contributed by atoms with Gasteiger partial charge >= 0.3 is 0 Å². The Hall–Kier alpha value is -1.75. The number of hydrogen-bond acceptors (Lipinski definition) is 5. The van der Waals surface area contributed by atoms with Gasteiger partial charge in [0, 0.05) is 28.0 Å². The summed E-state index contributed by atoms with van der Waals surface area (Å²) in [6, 6.07) is 7.64. The van der Waals surface area contributed by atoms with Crippen LogP contribution in [0.25, 0.3) is 0 Å². The molecule has 106 valence electrons. The lowest BCUT2D eigenvalue weighted by Crippen LogP contribution is -2.05. The highest BCUT2D eigenvalue weighted by molar-refractivity contribution is 7.99. The maximum Gasteiger partial charge on any atom is 0.192 e. The molecule has 0 spiro atoms. The highest BCUT2D eigenvalue weighted by Gasteiger charge is 2.07. The van der Waals surface area contributed by atoms with Crippen LogP contribution in [0.3, 0.4) is 0 Å². The second kappa shape index (κ2) is 6.13. The molecule has 20 heavy (non-hydrogen) atoms. The predicted molar refractivity (Wildman–Crippen MR) is 82.2 cm³/mol. The van der Waals surface area contributed by atoms with E-state index in [4.69, 9.17) is 10.5 Å². The molecule has 0 radical (unpaired) electrons. The minimum atomic E-state index is 0.118. The largest absolute Gasteiger partial charge is 0.491 e. The van der Waals surface area contributed by atoms with Gasteiger partial charge in [0.25, 0.3) is 0 Å². The zero-order valence-corrected chi connectivity index (χ0v) is 13.0. The van der Waals surface area contributed by atoms with Crippen LogP contribution in [0.4, 0.5) is 5.69 Å². The van der Waals surface area contributed by atoms with Gasteiger partial charge in [-0.15, -0.1) is 0 Å². The standard InChI is InChI=1S/C15H19N3OS/c1-9(2)19-13-6-12(16)7-14(8-13)20-15-17-10(3)5-11(4)18-15/h5-9H,16H2,1-4H3. The Bertz CT molecular complexity index is 594. The summed E-state index contributed by atoms with van der Waals surface area (Å²) in [6.45, 7) is 7.91. The lowest BCUT2D eigenvalue weighted by molar-refractivity contribution is 0.242. The Morgan fingerprint density at radius 2 is 1.70 bits per heavy atom. The van der Waals surface area contributed by atoms with Gasteiger partial charge in [-0.1, -0.05) is 0 Å². The zero-order valence-electron chi connectivity index (χ0n) is 12.2. The van der Waals surface area contributed by atoms with Crippen molar-refractivity contribution in [3.8, 4) is 5.75 Å². The van der Waals surface area contributed by atoms with Crippen molar-refractivity contribution in [2.24, 2.45) is 0 Å². The number of aromatic nitrogens is 2. The Kier molecular flexibility index (Phi) is 4.49. The van der Waals surface area contributed by atoms with Gasteiger partial charge in [-0.05, 0) is 57.7 Å². The SMILES string of the molecule is Cc1cc(C)nc(Sc2cc(N)cc(OC(C)C)c2)n1. The predicted octanol–water partition coefficient (Wildman–Crippen LogP) is 3.61. The van der Waals surface area contributed by atoms with Crippen molar-refractivity contribution < 1.29 is 4.74 Å². The van der Waals surface area contributed by atoms with Crippen molar-refractivity contribution in [2.75, 3.05) is 5.73 Å². The highest BCUT2D eigenvalue weighted by atomic mass is 32.2. The third kappa shape index (κ3) is 4.13. The van der Waals surface area contributed by atoms with Gasteiger partial charge in [-0.3, -0.25) is 0 Å². The summed E-state index contributed by atoms with van der Waals surface area (Å²) in [4.78, 5) is 9.82. The van der Waals surface area contributed by atoms with Crippen LogP contribution in [0, 0.1) is 13.8 Å². The molecule has 0 atom stereocenters. The molecule has 2 N–H and O–H groups in total. The van der Waals surface area contributed by atoms with Gasteiger partial charge in [-0.2, -0.15) is 0 Å². The molecule has 0 saturated heterocycles. The van der Waals surface area contributed by atoms with E-state index in [9.17, 15) is 0 Å². The Morgan fingerprint density at radius 1 is 1.05 bits per heavy atom. The van der Waals surface area contributed by atoms with Gasteiger partial charge in [0.1, 0.15) is 5.75 Å². The summed E-state index contributed by atoms with van der Waals surface area (Å²) in [5.41, 5.74) is 8.51. The summed E-state index contributed by atoms with van der Waals surface area (Å²) in [6.07, 6.45) is 0.118. The minimum absolute atomic E-state index is 0.118. The van der Waals surface area contributed by atoms with Crippen LogP contribution in [0.5, 0.6) is 5.75 Å². The van der Waals surface area contributed by atoms with Crippen molar-refractivity contribution in [2.45, 2.75) is 43.9 Å². The molecular weight excluding hydrogens is 270 g/mol. The van der Waals surface area contributed by atoms with Crippen molar-refractivity contribution >= 4 is 17.4 Å². The molecule has 0 aliphatic carbocycles. The topological polar surface area (TPSA) is 61.0 Å². The first kappa shape index (κ1) is 14.7. The fraction of sp³-hybridized carbons (Fsp3) is 0.333. The molecule has 1 aromatic heterocycles. The number of nitrogens with zero attached hydrogens (tertiary/aromatic N) is 2. The lowest BCUT2D eigenvalue weighted by Gasteiger charge is -2.12. The fourth-order valence-corrected chi connectivity index (χ4v) is 2.80. The highest BCUT2D eigenvalue weighted by Crippen LogP contribution is 2.31. The number of rotatable bonds is 4. The van der Waals surface area contributed by atoms with Crippen LogP contribution in [0.2, 0.25) is 0 Å². The maximum atomic E-state index is 5.91. The van der Waals surface area contributed by atoms with Gasteiger partial charge in [-0.25, -0.2) is 9.97 Å². The van der Waals surface area contributed by atoms with Crippen molar-refractivity contribution in [3.63, 3.8) is 0 Å². The van der Waals surface area contributed by atoms with Crippen molar-refractivity contribution in [1.82, 2.24) is 9.97 Å². The van der Waals surface area contributed by atoms with E-state index in [1.165, 1.54) is 11.8 Å². The van der Waals surface area contributed by atoms with Crippen LogP contribution >= 0.6 is 11.8 Å². The molecule has 1 aromatic carbocycles. The van der Waals surface area contributed by atoms with Crippen LogP contribution in [-0.4, -0.2) is 16.1 Å². The Morgan fingerprint density at radius 3 is 2.30 bits per heavy atom. The van der Waals surface area contributed by atoms with E-state index in [1.807, 2.05) is 52.0 Å². The van der Waals surface area contributed by atoms with Gasteiger partial charge < -0.3 is 10.5 Å². The summed E-state index contributed by atoms with van der Waals surface area (Å²) < 4.78 is 5.69.